The molecule has 1 aliphatic carbocycles. The van der Waals surface area contributed by atoms with E-state index in [9.17, 15) is 0 Å². The molecule has 1 atom stereocenters. The molecule has 2 fully saturated rings. The highest BCUT2D eigenvalue weighted by molar-refractivity contribution is 7.99. The molecule has 1 unspecified atom stereocenters. The summed E-state index contributed by atoms with van der Waals surface area (Å²) in [7, 11) is 0. The van der Waals surface area contributed by atoms with E-state index in [1.54, 1.807) is 11.8 Å². The van der Waals surface area contributed by atoms with Crippen molar-refractivity contribution in [3.05, 3.63) is 0 Å². The summed E-state index contributed by atoms with van der Waals surface area (Å²) in [5.74, 6) is 0.955. The van der Waals surface area contributed by atoms with Gasteiger partial charge >= 0.3 is 0 Å². The topological polar surface area (TPSA) is 64.9 Å². The fraction of sp³-hybridized carbons (Fsp3) is 0.917. The zero-order chi connectivity index (χ0) is 12.9. The second-order valence-electron chi connectivity index (χ2n) is 5.21. The Labute approximate surface area is 117 Å². The maximum atomic E-state index is 5.73. The minimum Gasteiger partial charge on any atom is -0.377 e. The number of hydrogen-bond acceptors (Lipinski definition) is 6. The van der Waals surface area contributed by atoms with Gasteiger partial charge in [0, 0.05) is 24.9 Å². The highest BCUT2D eigenvalue weighted by Gasteiger charge is 2.20. The van der Waals surface area contributed by atoms with Gasteiger partial charge in [0.05, 0.1) is 12.6 Å². The molecule has 1 saturated carbocycles. The Hall–Kier alpha value is -0.660. The molecule has 2 aliphatic rings. The van der Waals surface area contributed by atoms with Gasteiger partial charge in [0.25, 0.3) is 0 Å². The molecule has 0 spiro atoms. The van der Waals surface area contributed by atoms with Gasteiger partial charge in [-0.3, -0.25) is 0 Å². The predicted octanol–water partition coefficient (Wildman–Crippen LogP) is 1.09. The number of nitrogens with zero attached hydrogens (tertiary/aromatic N) is 4. The lowest BCUT2D eigenvalue weighted by atomic mass is 10.1. The number of ether oxygens (including phenoxy) is 1. The van der Waals surface area contributed by atoms with E-state index < -0.39 is 0 Å². The highest BCUT2D eigenvalue weighted by atomic mass is 32.2. The Morgan fingerprint density at radius 2 is 2.26 bits per heavy atom. The van der Waals surface area contributed by atoms with E-state index in [-0.39, 0.29) is 0 Å². The summed E-state index contributed by atoms with van der Waals surface area (Å²) in [6.45, 7) is 2.70. The van der Waals surface area contributed by atoms with Gasteiger partial charge in [0.15, 0.2) is 0 Å². The molecule has 1 aliphatic heterocycles. The Morgan fingerprint density at radius 1 is 1.32 bits per heavy atom. The molecule has 0 amide bonds. The summed E-state index contributed by atoms with van der Waals surface area (Å²) in [5, 5.41) is 16.3. The zero-order valence-corrected chi connectivity index (χ0v) is 11.9. The van der Waals surface area contributed by atoms with Crippen molar-refractivity contribution in [2.75, 3.05) is 18.9 Å². The lowest BCUT2D eigenvalue weighted by molar-refractivity contribution is 0.0315. The Kier molecular flexibility index (Phi) is 4.68. The summed E-state index contributed by atoms with van der Waals surface area (Å²) in [5.41, 5.74) is 0. The molecule has 1 aromatic rings. The Balaban J connectivity index is 1.42. The molecule has 7 heteroatoms. The average molecular weight is 283 g/mol. The monoisotopic (exact) mass is 283 g/mol. The van der Waals surface area contributed by atoms with E-state index >= 15 is 0 Å². The third kappa shape index (κ3) is 4.15. The fourth-order valence-corrected chi connectivity index (χ4v) is 3.18. The minimum atomic E-state index is 0.369. The Morgan fingerprint density at radius 3 is 3.05 bits per heavy atom. The van der Waals surface area contributed by atoms with Gasteiger partial charge in [-0.15, -0.1) is 5.10 Å². The van der Waals surface area contributed by atoms with Crippen LogP contribution in [0, 0.1) is 0 Å². The number of rotatable bonds is 7. The molecular formula is C12H21N5OS. The van der Waals surface area contributed by atoms with Crippen LogP contribution in [0.3, 0.4) is 0 Å². The molecule has 3 rings (SSSR count). The highest BCUT2D eigenvalue weighted by Crippen LogP contribution is 2.21. The summed E-state index contributed by atoms with van der Waals surface area (Å²) in [6, 6.07) is 0.739. The van der Waals surface area contributed by atoms with Crippen molar-refractivity contribution < 1.29 is 4.74 Å². The first-order chi connectivity index (χ1) is 9.42. The van der Waals surface area contributed by atoms with Crippen LogP contribution in [0.4, 0.5) is 0 Å². The second kappa shape index (κ2) is 6.67. The largest absolute Gasteiger partial charge is 0.377 e. The first-order valence-corrected chi connectivity index (χ1v) is 8.14. The molecule has 0 bridgehead atoms. The van der Waals surface area contributed by atoms with Gasteiger partial charge in [0.2, 0.25) is 5.16 Å². The van der Waals surface area contributed by atoms with Crippen LogP contribution >= 0.6 is 11.8 Å². The van der Waals surface area contributed by atoms with Crippen molar-refractivity contribution in [2.45, 2.75) is 56.0 Å². The normalized spacial score (nSPS) is 23.7. The van der Waals surface area contributed by atoms with E-state index in [1.165, 1.54) is 25.7 Å². The van der Waals surface area contributed by atoms with E-state index in [4.69, 9.17) is 4.74 Å². The molecular weight excluding hydrogens is 262 g/mol. The summed E-state index contributed by atoms with van der Waals surface area (Å²) in [4.78, 5) is 0. The summed E-state index contributed by atoms with van der Waals surface area (Å²) >= 11 is 1.71. The third-order valence-electron chi connectivity index (χ3n) is 3.51. The minimum absolute atomic E-state index is 0.369. The van der Waals surface area contributed by atoms with Gasteiger partial charge in [-0.2, -0.15) is 0 Å². The van der Waals surface area contributed by atoms with Crippen molar-refractivity contribution in [3.8, 4) is 0 Å². The number of nitrogens with one attached hydrogen (secondary N) is 1. The summed E-state index contributed by atoms with van der Waals surface area (Å²) < 4.78 is 7.62. The SMILES string of the molecule is C1CCC(CSc2nnnn2CCNC2CC2)OC1. The molecule has 1 saturated heterocycles. The van der Waals surface area contributed by atoms with E-state index in [0.717, 1.165) is 43.1 Å². The molecule has 19 heavy (non-hydrogen) atoms. The van der Waals surface area contributed by atoms with Crippen LogP contribution < -0.4 is 5.32 Å². The zero-order valence-electron chi connectivity index (χ0n) is 11.1. The van der Waals surface area contributed by atoms with Crippen molar-refractivity contribution >= 4 is 11.8 Å². The average Bonchev–Trinajstić information content (AvgIpc) is 3.16. The lowest BCUT2D eigenvalue weighted by Crippen LogP contribution is -2.23. The van der Waals surface area contributed by atoms with Gasteiger partial charge in [-0.25, -0.2) is 4.68 Å². The van der Waals surface area contributed by atoms with Gasteiger partial charge in [-0.05, 0) is 42.5 Å². The maximum absolute atomic E-state index is 5.73. The molecule has 106 valence electrons. The Bertz CT molecular complexity index is 389. The number of tetrazole rings is 1. The quantitative estimate of drug-likeness (QED) is 0.756. The van der Waals surface area contributed by atoms with Gasteiger partial charge < -0.3 is 10.1 Å². The maximum Gasteiger partial charge on any atom is 0.209 e. The summed E-state index contributed by atoms with van der Waals surface area (Å²) in [6.07, 6.45) is 6.64. The molecule has 0 aromatic carbocycles. The van der Waals surface area contributed by atoms with Crippen LogP contribution in [0.25, 0.3) is 0 Å². The smallest absolute Gasteiger partial charge is 0.209 e. The standard InChI is InChI=1S/C12H21N5OS/c1-2-8-18-11(3-1)9-19-12-14-15-16-17(12)7-6-13-10-4-5-10/h10-11,13H,1-9H2. The molecule has 0 radical (unpaired) electrons. The van der Waals surface area contributed by atoms with Crippen molar-refractivity contribution in [1.29, 1.82) is 0 Å². The van der Waals surface area contributed by atoms with Crippen LogP contribution in [-0.4, -0.2) is 51.3 Å². The van der Waals surface area contributed by atoms with Crippen LogP contribution in [0.5, 0.6) is 0 Å². The van der Waals surface area contributed by atoms with Crippen LogP contribution in [0.1, 0.15) is 32.1 Å². The number of aromatic nitrogens is 4. The third-order valence-corrected chi connectivity index (χ3v) is 4.59. The first kappa shape index (κ1) is 13.3. The fourth-order valence-electron chi connectivity index (χ4n) is 2.21. The van der Waals surface area contributed by atoms with Crippen molar-refractivity contribution in [1.82, 2.24) is 25.5 Å². The molecule has 6 nitrogen and oxygen atoms in total. The predicted molar refractivity (Wildman–Crippen MR) is 73.2 cm³/mol. The molecule has 2 heterocycles. The van der Waals surface area contributed by atoms with Crippen LogP contribution in [-0.2, 0) is 11.3 Å². The number of thioether (sulfide) groups is 1. The van der Waals surface area contributed by atoms with E-state index in [1.807, 2.05) is 4.68 Å². The first-order valence-electron chi connectivity index (χ1n) is 7.16. The molecule has 1 N–H and O–H groups in total. The van der Waals surface area contributed by atoms with E-state index in [0.29, 0.717) is 6.10 Å². The molecule has 1 aromatic heterocycles. The van der Waals surface area contributed by atoms with Crippen molar-refractivity contribution in [3.63, 3.8) is 0 Å². The van der Waals surface area contributed by atoms with Gasteiger partial charge in [-0.1, -0.05) is 11.8 Å². The second-order valence-corrected chi connectivity index (χ2v) is 6.20. The van der Waals surface area contributed by atoms with Crippen molar-refractivity contribution in [2.24, 2.45) is 0 Å². The lowest BCUT2D eigenvalue weighted by Gasteiger charge is -2.21. The van der Waals surface area contributed by atoms with E-state index in [2.05, 4.69) is 20.8 Å². The van der Waals surface area contributed by atoms with Crippen LogP contribution in [0.2, 0.25) is 0 Å². The van der Waals surface area contributed by atoms with Crippen LogP contribution in [0.15, 0.2) is 5.16 Å². The van der Waals surface area contributed by atoms with Gasteiger partial charge in [0.1, 0.15) is 0 Å². The number of hydrogen-bond donors (Lipinski definition) is 1.